The molecule has 0 unspecified atom stereocenters. The smallest absolute Gasteiger partial charge is 0.359 e. The van der Waals surface area contributed by atoms with E-state index in [0.29, 0.717) is 26.1 Å². The van der Waals surface area contributed by atoms with E-state index in [1.165, 1.54) is 5.56 Å². The van der Waals surface area contributed by atoms with Gasteiger partial charge in [-0.15, -0.1) is 0 Å². The van der Waals surface area contributed by atoms with Crippen LogP contribution in [0.4, 0.5) is 4.79 Å². The molecule has 0 radical (unpaired) electrons. The summed E-state index contributed by atoms with van der Waals surface area (Å²) in [6.45, 7) is 5.58. The summed E-state index contributed by atoms with van der Waals surface area (Å²) in [6, 6.07) is 18.1. The minimum absolute atomic E-state index is 0.119. The summed E-state index contributed by atoms with van der Waals surface area (Å²) < 4.78 is 7.06. The number of aromatic nitrogens is 2. The zero-order valence-electron chi connectivity index (χ0n) is 19.2. The average Bonchev–Trinajstić information content (AvgIpc) is 3.22. The van der Waals surface area contributed by atoms with Crippen LogP contribution in [0.1, 0.15) is 46.2 Å². The summed E-state index contributed by atoms with van der Waals surface area (Å²) in [5.74, 6) is -0.454. The van der Waals surface area contributed by atoms with Gasteiger partial charge in [-0.1, -0.05) is 48.0 Å². The Morgan fingerprint density at radius 1 is 1.09 bits per heavy atom. The van der Waals surface area contributed by atoms with Crippen molar-refractivity contribution < 1.29 is 14.3 Å². The first-order valence-corrected chi connectivity index (χ1v) is 11.5. The number of carbonyl (C=O) groups excluding carboxylic acids is 2. The highest BCUT2D eigenvalue weighted by molar-refractivity contribution is 5.89. The number of hydrogen-bond donors (Lipinski definition) is 1. The fourth-order valence-electron chi connectivity index (χ4n) is 4.10. The van der Waals surface area contributed by atoms with Gasteiger partial charge in [-0.2, -0.15) is 5.10 Å². The highest BCUT2D eigenvalue weighted by atomic mass is 16.5. The Balaban J connectivity index is 1.46. The number of ether oxygens (including phenoxy) is 1. The van der Waals surface area contributed by atoms with Gasteiger partial charge in [-0.3, -0.25) is 0 Å². The second-order valence-electron chi connectivity index (χ2n) is 8.23. The summed E-state index contributed by atoms with van der Waals surface area (Å²) in [4.78, 5) is 27.2. The number of aryl methyl sites for hydroxylation is 2. The number of nitrogens with zero attached hydrogens (tertiary/aromatic N) is 3. The Bertz CT molecular complexity index is 1110. The SMILES string of the molecule is CCOC(=O)c1nn(-c2ccc(C)cc2)c2c1CN(C(=O)NCCCc1ccccc1)CC2. The van der Waals surface area contributed by atoms with Crippen LogP contribution in [0.3, 0.4) is 0 Å². The van der Waals surface area contributed by atoms with Gasteiger partial charge < -0.3 is 15.0 Å². The van der Waals surface area contributed by atoms with Gasteiger partial charge >= 0.3 is 12.0 Å². The minimum Gasteiger partial charge on any atom is -0.461 e. The Morgan fingerprint density at radius 2 is 1.85 bits per heavy atom. The van der Waals surface area contributed by atoms with Gasteiger partial charge in [0, 0.05) is 25.1 Å². The van der Waals surface area contributed by atoms with Crippen LogP contribution in [0.15, 0.2) is 54.6 Å². The van der Waals surface area contributed by atoms with Gasteiger partial charge in [0.15, 0.2) is 5.69 Å². The molecular formula is C26H30N4O3. The maximum atomic E-state index is 12.8. The van der Waals surface area contributed by atoms with Gasteiger partial charge in [-0.25, -0.2) is 14.3 Å². The van der Waals surface area contributed by atoms with Crippen LogP contribution in [0.5, 0.6) is 0 Å². The number of fused-ring (bicyclic) bond motifs is 1. The van der Waals surface area contributed by atoms with E-state index in [1.54, 1.807) is 11.8 Å². The lowest BCUT2D eigenvalue weighted by Crippen LogP contribution is -2.43. The van der Waals surface area contributed by atoms with E-state index < -0.39 is 5.97 Å². The van der Waals surface area contributed by atoms with Gasteiger partial charge in [0.25, 0.3) is 0 Å². The quantitative estimate of drug-likeness (QED) is 0.439. The predicted octanol–water partition coefficient (Wildman–Crippen LogP) is 4.06. The second kappa shape index (κ2) is 10.3. The van der Waals surface area contributed by atoms with E-state index >= 15 is 0 Å². The molecular weight excluding hydrogens is 416 g/mol. The number of esters is 1. The summed E-state index contributed by atoms with van der Waals surface area (Å²) in [5.41, 5.74) is 5.31. The Kier molecular flexibility index (Phi) is 7.07. The molecule has 7 heteroatoms. The van der Waals surface area contributed by atoms with Crippen molar-refractivity contribution in [3.05, 3.63) is 82.7 Å². The van der Waals surface area contributed by atoms with Gasteiger partial charge in [-0.05, 0) is 44.4 Å². The van der Waals surface area contributed by atoms with Crippen molar-refractivity contribution in [3.8, 4) is 5.69 Å². The van der Waals surface area contributed by atoms with E-state index in [2.05, 4.69) is 22.5 Å². The zero-order chi connectivity index (χ0) is 23.2. The fourth-order valence-corrected chi connectivity index (χ4v) is 4.10. The Labute approximate surface area is 194 Å². The standard InChI is InChI=1S/C26H30N4O3/c1-3-33-25(31)24-22-18-29(26(32)27-16-7-10-20-8-5-4-6-9-20)17-15-23(22)30(28-24)21-13-11-19(2)12-14-21/h4-6,8-9,11-14H,3,7,10,15-18H2,1-2H3,(H,27,32). The molecule has 0 spiro atoms. The number of rotatable bonds is 7. The third-order valence-corrected chi connectivity index (χ3v) is 5.85. The molecule has 0 fully saturated rings. The van der Waals surface area contributed by atoms with Gasteiger partial charge in [0.1, 0.15) is 0 Å². The van der Waals surface area contributed by atoms with Gasteiger partial charge in [0.2, 0.25) is 0 Å². The molecule has 1 aliphatic heterocycles. The molecule has 33 heavy (non-hydrogen) atoms. The molecule has 0 saturated carbocycles. The van der Waals surface area contributed by atoms with E-state index in [1.807, 2.05) is 54.1 Å². The van der Waals surface area contributed by atoms with Crippen molar-refractivity contribution in [2.24, 2.45) is 0 Å². The molecule has 3 aromatic rings. The maximum Gasteiger partial charge on any atom is 0.359 e. The molecule has 0 saturated heterocycles. The third-order valence-electron chi connectivity index (χ3n) is 5.85. The Hall–Kier alpha value is -3.61. The highest BCUT2D eigenvalue weighted by Gasteiger charge is 2.31. The maximum absolute atomic E-state index is 12.8. The molecule has 0 bridgehead atoms. The van der Waals surface area contributed by atoms with Gasteiger partial charge in [0.05, 0.1) is 24.5 Å². The predicted molar refractivity (Wildman–Crippen MR) is 127 cm³/mol. The van der Waals surface area contributed by atoms with Crippen molar-refractivity contribution in [1.29, 1.82) is 0 Å². The largest absolute Gasteiger partial charge is 0.461 e. The molecule has 0 aliphatic carbocycles. The van der Waals surface area contributed by atoms with Crippen molar-refractivity contribution in [1.82, 2.24) is 20.0 Å². The first-order chi connectivity index (χ1) is 16.1. The summed E-state index contributed by atoms with van der Waals surface area (Å²) in [5, 5.41) is 7.61. The molecule has 0 atom stereocenters. The van der Waals surface area contributed by atoms with Crippen LogP contribution in [-0.4, -0.2) is 46.4 Å². The van der Waals surface area contributed by atoms with E-state index in [4.69, 9.17) is 4.74 Å². The Morgan fingerprint density at radius 3 is 2.58 bits per heavy atom. The molecule has 4 rings (SSSR count). The molecule has 2 aromatic carbocycles. The summed E-state index contributed by atoms with van der Waals surface area (Å²) >= 11 is 0. The average molecular weight is 447 g/mol. The number of carbonyl (C=O) groups is 2. The van der Waals surface area contributed by atoms with E-state index in [-0.39, 0.29) is 18.3 Å². The molecule has 7 nitrogen and oxygen atoms in total. The lowest BCUT2D eigenvalue weighted by molar-refractivity contribution is 0.0516. The number of nitrogens with one attached hydrogen (secondary N) is 1. The fraction of sp³-hybridized carbons (Fsp3) is 0.346. The van der Waals surface area contributed by atoms with Crippen molar-refractivity contribution >= 4 is 12.0 Å². The zero-order valence-corrected chi connectivity index (χ0v) is 19.2. The van der Waals surface area contributed by atoms with Crippen LogP contribution in [-0.2, 0) is 24.1 Å². The number of amides is 2. The van der Waals surface area contributed by atoms with Crippen molar-refractivity contribution in [2.75, 3.05) is 19.7 Å². The first-order valence-electron chi connectivity index (χ1n) is 11.5. The van der Waals surface area contributed by atoms with E-state index in [0.717, 1.165) is 35.3 Å². The number of hydrogen-bond acceptors (Lipinski definition) is 4. The molecule has 1 N–H and O–H groups in total. The molecule has 2 heterocycles. The minimum atomic E-state index is -0.454. The molecule has 1 aromatic heterocycles. The monoisotopic (exact) mass is 446 g/mol. The summed E-state index contributed by atoms with van der Waals surface area (Å²) in [7, 11) is 0. The van der Waals surface area contributed by atoms with Crippen molar-refractivity contribution in [3.63, 3.8) is 0 Å². The highest BCUT2D eigenvalue weighted by Crippen LogP contribution is 2.26. The third kappa shape index (κ3) is 5.25. The number of urea groups is 1. The molecule has 172 valence electrons. The number of benzene rings is 2. The summed E-state index contributed by atoms with van der Waals surface area (Å²) in [6.07, 6.45) is 2.41. The van der Waals surface area contributed by atoms with E-state index in [9.17, 15) is 9.59 Å². The van der Waals surface area contributed by atoms with Crippen LogP contribution < -0.4 is 5.32 Å². The lowest BCUT2D eigenvalue weighted by Gasteiger charge is -2.28. The normalized spacial score (nSPS) is 12.8. The first kappa shape index (κ1) is 22.6. The lowest BCUT2D eigenvalue weighted by atomic mass is 10.0. The van der Waals surface area contributed by atoms with Crippen LogP contribution in [0.2, 0.25) is 0 Å². The topological polar surface area (TPSA) is 76.5 Å². The van der Waals surface area contributed by atoms with Crippen molar-refractivity contribution in [2.45, 2.75) is 39.7 Å². The second-order valence-corrected chi connectivity index (χ2v) is 8.23. The van der Waals surface area contributed by atoms with Crippen LogP contribution in [0.25, 0.3) is 5.69 Å². The van der Waals surface area contributed by atoms with Crippen LogP contribution >= 0.6 is 0 Å². The molecule has 1 aliphatic rings. The molecule has 2 amide bonds. The van der Waals surface area contributed by atoms with Crippen LogP contribution in [0, 0.1) is 6.92 Å².